The third-order valence-corrected chi connectivity index (χ3v) is 7.32. The van der Waals surface area contributed by atoms with E-state index in [2.05, 4.69) is 22.7 Å². The van der Waals surface area contributed by atoms with Gasteiger partial charge in [0.25, 0.3) is 5.56 Å². The second kappa shape index (κ2) is 7.83. The molecule has 3 atom stereocenters. The summed E-state index contributed by atoms with van der Waals surface area (Å²) in [6.45, 7) is 2.27. The van der Waals surface area contributed by atoms with Gasteiger partial charge in [0, 0.05) is 23.2 Å². The first kappa shape index (κ1) is 20.3. The molecule has 31 heavy (non-hydrogen) atoms. The van der Waals surface area contributed by atoms with Crippen molar-refractivity contribution < 1.29 is 9.90 Å². The first-order valence-electron chi connectivity index (χ1n) is 10.5. The number of amides is 1. The molecule has 3 heterocycles. The van der Waals surface area contributed by atoms with Crippen molar-refractivity contribution in [2.75, 3.05) is 12.4 Å². The third-order valence-electron chi connectivity index (χ3n) is 6.15. The van der Waals surface area contributed by atoms with Crippen molar-refractivity contribution in [3.05, 3.63) is 57.0 Å². The fourth-order valence-corrected chi connectivity index (χ4v) is 5.95. The van der Waals surface area contributed by atoms with E-state index in [9.17, 15) is 14.7 Å². The van der Waals surface area contributed by atoms with E-state index in [1.807, 2.05) is 24.3 Å². The van der Waals surface area contributed by atoms with E-state index >= 15 is 0 Å². The Kier molecular flexibility index (Phi) is 5.13. The molecule has 0 saturated heterocycles. The van der Waals surface area contributed by atoms with Gasteiger partial charge < -0.3 is 10.4 Å². The first-order chi connectivity index (χ1) is 14.9. The number of benzene rings is 1. The van der Waals surface area contributed by atoms with Crippen LogP contribution in [0.4, 0.5) is 5.69 Å². The summed E-state index contributed by atoms with van der Waals surface area (Å²) in [5, 5.41) is 15.7. The van der Waals surface area contributed by atoms with Crippen LogP contribution in [-0.2, 0) is 24.2 Å². The topological polar surface area (TPSA) is 99.5 Å². The number of aliphatic hydroxyl groups is 1. The second-order valence-electron chi connectivity index (χ2n) is 8.47. The molecule has 0 saturated carbocycles. The highest BCUT2D eigenvalue weighted by Crippen LogP contribution is 2.35. The van der Waals surface area contributed by atoms with Crippen LogP contribution in [-0.4, -0.2) is 38.8 Å². The van der Waals surface area contributed by atoms with Gasteiger partial charge in [-0.15, -0.1) is 11.3 Å². The zero-order valence-electron chi connectivity index (χ0n) is 17.5. The zero-order valence-corrected chi connectivity index (χ0v) is 18.3. The van der Waals surface area contributed by atoms with Crippen molar-refractivity contribution in [1.82, 2.24) is 20.0 Å². The fourth-order valence-electron chi connectivity index (χ4n) is 4.61. The van der Waals surface area contributed by atoms with Gasteiger partial charge in [-0.2, -0.15) is 0 Å². The lowest BCUT2D eigenvalue weighted by Gasteiger charge is -2.27. The van der Waals surface area contributed by atoms with Gasteiger partial charge in [0.1, 0.15) is 17.1 Å². The number of fused-ring (bicyclic) bond motifs is 4. The van der Waals surface area contributed by atoms with Crippen LogP contribution in [0.25, 0.3) is 10.2 Å². The maximum Gasteiger partial charge on any atom is 0.262 e. The summed E-state index contributed by atoms with van der Waals surface area (Å²) < 4.78 is 1.45. The lowest BCUT2D eigenvalue weighted by molar-refractivity contribution is -0.122. The Bertz CT molecular complexity index is 1220. The molecule has 3 unspecified atom stereocenters. The van der Waals surface area contributed by atoms with Gasteiger partial charge in [0.15, 0.2) is 0 Å². The molecular weight excluding hydrogens is 414 g/mol. The molecule has 2 aliphatic rings. The Balaban J connectivity index is 1.35. The predicted molar refractivity (Wildman–Crippen MR) is 120 cm³/mol. The highest BCUT2D eigenvalue weighted by atomic mass is 32.1. The average Bonchev–Trinajstić information content (AvgIpc) is 3.26. The minimum absolute atomic E-state index is 0.0309. The molecule has 5 rings (SSSR count). The van der Waals surface area contributed by atoms with Crippen LogP contribution in [0.1, 0.15) is 35.4 Å². The van der Waals surface area contributed by atoms with Crippen molar-refractivity contribution in [3.63, 3.8) is 0 Å². The standard InChI is InChI=1S/C22H25N5O3S/c1-12-7-8-14-16(9-12)31-21-18(14)22(30)27(11-23-21)10-17(28)25-26(2)19-13-5-3-4-6-15(13)24-20(19)29/h3-6,11-12,17,19,25,28H,7-10H2,1-2H3,(H,24,29). The smallest absolute Gasteiger partial charge is 0.262 e. The van der Waals surface area contributed by atoms with Crippen molar-refractivity contribution in [3.8, 4) is 0 Å². The highest BCUT2D eigenvalue weighted by molar-refractivity contribution is 7.18. The molecule has 0 spiro atoms. The number of carbonyl (C=O) groups is 1. The van der Waals surface area contributed by atoms with Crippen LogP contribution in [0.15, 0.2) is 35.4 Å². The molecule has 3 aromatic rings. The number of hydrazine groups is 1. The van der Waals surface area contributed by atoms with Gasteiger partial charge in [0.05, 0.1) is 18.3 Å². The van der Waals surface area contributed by atoms with E-state index in [1.54, 1.807) is 23.4 Å². The van der Waals surface area contributed by atoms with Gasteiger partial charge in [-0.05, 0) is 36.8 Å². The Morgan fingerprint density at radius 1 is 1.39 bits per heavy atom. The number of aryl methyl sites for hydroxylation is 1. The Morgan fingerprint density at radius 3 is 3.03 bits per heavy atom. The van der Waals surface area contributed by atoms with Crippen molar-refractivity contribution in [2.24, 2.45) is 5.92 Å². The average molecular weight is 440 g/mol. The SMILES string of the molecule is CC1CCc2c(sc3ncn(CC(O)NN(C)C4C(=O)Nc5ccccc54)c(=O)c23)C1. The van der Waals surface area contributed by atoms with Crippen LogP contribution < -0.4 is 16.3 Å². The van der Waals surface area contributed by atoms with E-state index in [0.29, 0.717) is 11.3 Å². The number of anilines is 1. The van der Waals surface area contributed by atoms with E-state index < -0.39 is 12.3 Å². The van der Waals surface area contributed by atoms with Crippen LogP contribution in [0.2, 0.25) is 0 Å². The lowest BCUT2D eigenvalue weighted by atomic mass is 9.89. The van der Waals surface area contributed by atoms with E-state index in [1.165, 1.54) is 15.8 Å². The number of thiophene rings is 1. The van der Waals surface area contributed by atoms with Crippen LogP contribution in [0.5, 0.6) is 0 Å². The number of rotatable bonds is 5. The molecule has 0 fully saturated rings. The number of hydrogen-bond donors (Lipinski definition) is 3. The molecule has 8 nitrogen and oxygen atoms in total. The molecule has 3 N–H and O–H groups in total. The maximum atomic E-state index is 13.1. The van der Waals surface area contributed by atoms with Gasteiger partial charge >= 0.3 is 0 Å². The van der Waals surface area contributed by atoms with E-state index in [-0.39, 0.29) is 18.0 Å². The summed E-state index contributed by atoms with van der Waals surface area (Å²) in [6.07, 6.45) is 3.41. The summed E-state index contributed by atoms with van der Waals surface area (Å²) in [7, 11) is 1.70. The molecule has 2 aromatic heterocycles. The summed E-state index contributed by atoms with van der Waals surface area (Å²) in [5.74, 6) is 0.463. The lowest BCUT2D eigenvalue weighted by Crippen LogP contribution is -2.48. The number of aliphatic hydroxyl groups excluding tert-OH is 1. The Labute approximate surface area is 183 Å². The summed E-state index contributed by atoms with van der Waals surface area (Å²) in [6, 6.07) is 6.91. The van der Waals surface area contributed by atoms with Gasteiger partial charge in [-0.1, -0.05) is 25.1 Å². The second-order valence-corrected chi connectivity index (χ2v) is 9.55. The number of likely N-dealkylation sites (N-methyl/N-ethyl adjacent to an activating group) is 1. The largest absolute Gasteiger partial charge is 0.375 e. The summed E-state index contributed by atoms with van der Waals surface area (Å²) in [5.41, 5.74) is 5.54. The minimum atomic E-state index is -1.06. The zero-order chi connectivity index (χ0) is 21.7. The molecule has 162 valence electrons. The Morgan fingerprint density at radius 2 is 2.19 bits per heavy atom. The molecule has 1 aliphatic heterocycles. The Hall–Kier alpha value is -2.59. The summed E-state index contributed by atoms with van der Waals surface area (Å²) >= 11 is 1.61. The van der Waals surface area contributed by atoms with E-state index in [4.69, 9.17) is 0 Å². The van der Waals surface area contributed by atoms with E-state index in [0.717, 1.165) is 40.9 Å². The fraction of sp³-hybridized carbons (Fsp3) is 0.409. The van der Waals surface area contributed by atoms with Crippen LogP contribution in [0, 0.1) is 5.92 Å². The normalized spacial score (nSPS) is 21.2. The van der Waals surface area contributed by atoms with Crippen LogP contribution in [0.3, 0.4) is 0 Å². The molecule has 1 aromatic carbocycles. The number of nitrogens with zero attached hydrogens (tertiary/aromatic N) is 3. The minimum Gasteiger partial charge on any atom is -0.375 e. The van der Waals surface area contributed by atoms with Gasteiger partial charge in [-0.3, -0.25) is 14.2 Å². The number of aromatic nitrogens is 2. The molecule has 0 radical (unpaired) electrons. The molecule has 1 amide bonds. The number of hydrogen-bond acceptors (Lipinski definition) is 7. The van der Waals surface area contributed by atoms with Crippen molar-refractivity contribution in [2.45, 2.75) is 45.0 Å². The summed E-state index contributed by atoms with van der Waals surface area (Å²) in [4.78, 5) is 32.1. The van der Waals surface area contributed by atoms with Crippen LogP contribution >= 0.6 is 11.3 Å². The highest BCUT2D eigenvalue weighted by Gasteiger charge is 2.34. The third kappa shape index (κ3) is 3.57. The number of carbonyl (C=O) groups excluding carboxylic acids is 1. The molecule has 9 heteroatoms. The molecule has 0 bridgehead atoms. The number of nitrogens with one attached hydrogen (secondary N) is 2. The van der Waals surface area contributed by atoms with Gasteiger partial charge in [0.2, 0.25) is 5.91 Å². The van der Waals surface area contributed by atoms with Crippen molar-refractivity contribution >= 4 is 33.1 Å². The maximum absolute atomic E-state index is 13.1. The first-order valence-corrected chi connectivity index (χ1v) is 11.3. The van der Waals surface area contributed by atoms with Crippen molar-refractivity contribution in [1.29, 1.82) is 0 Å². The molecular formula is C22H25N5O3S. The van der Waals surface area contributed by atoms with Gasteiger partial charge in [-0.25, -0.2) is 15.4 Å². The monoisotopic (exact) mass is 439 g/mol. The predicted octanol–water partition coefficient (Wildman–Crippen LogP) is 2.03. The molecule has 1 aliphatic carbocycles. The number of para-hydroxylation sites is 1. The quantitative estimate of drug-likeness (QED) is 0.416.